The number of carbonyl (C=O) groups excluding carboxylic acids is 3. The Morgan fingerprint density at radius 1 is 0.886 bits per heavy atom. The Morgan fingerprint density at radius 2 is 1.60 bits per heavy atom. The number of hydrogen-bond acceptors (Lipinski definition) is 4. The monoisotopic (exact) mass is 463 g/mol. The lowest BCUT2D eigenvalue weighted by atomic mass is 9.82. The van der Waals surface area contributed by atoms with Crippen LogP contribution in [0.3, 0.4) is 0 Å². The van der Waals surface area contributed by atoms with Crippen molar-refractivity contribution < 1.29 is 19.1 Å². The van der Waals surface area contributed by atoms with E-state index in [0.717, 1.165) is 17.5 Å². The van der Waals surface area contributed by atoms with Crippen LogP contribution >= 0.6 is 0 Å². The third kappa shape index (κ3) is 3.59. The van der Waals surface area contributed by atoms with Crippen LogP contribution in [0.2, 0.25) is 0 Å². The maximum atomic E-state index is 13.2. The molecule has 2 aliphatic carbocycles. The van der Waals surface area contributed by atoms with Crippen LogP contribution in [0.1, 0.15) is 23.7 Å². The van der Waals surface area contributed by atoms with Crippen LogP contribution in [-0.4, -0.2) is 24.2 Å². The highest BCUT2D eigenvalue weighted by molar-refractivity contribution is 6.23. The molecule has 35 heavy (non-hydrogen) atoms. The van der Waals surface area contributed by atoms with Gasteiger partial charge in [0.1, 0.15) is 5.75 Å². The van der Waals surface area contributed by atoms with Crippen molar-refractivity contribution in [3.63, 3.8) is 0 Å². The fourth-order valence-corrected chi connectivity index (χ4v) is 5.95. The molecule has 0 radical (unpaired) electrons. The molecule has 4 atom stereocenters. The Balaban J connectivity index is 1.14. The molecule has 2 amide bonds. The van der Waals surface area contributed by atoms with Crippen molar-refractivity contribution in [1.82, 2.24) is 0 Å². The molecule has 1 saturated carbocycles. The van der Waals surface area contributed by atoms with E-state index in [4.69, 9.17) is 4.74 Å². The third-order valence-corrected chi connectivity index (χ3v) is 7.64. The van der Waals surface area contributed by atoms with E-state index < -0.39 is 0 Å². The first-order valence-electron chi connectivity index (χ1n) is 12.0. The summed E-state index contributed by atoms with van der Waals surface area (Å²) in [5.41, 5.74) is 4.43. The van der Waals surface area contributed by atoms with Crippen LogP contribution in [0.15, 0.2) is 90.5 Å². The number of imide groups is 1. The van der Waals surface area contributed by atoms with Gasteiger partial charge < -0.3 is 4.74 Å². The zero-order valence-electron chi connectivity index (χ0n) is 19.4. The van der Waals surface area contributed by atoms with Crippen LogP contribution in [0.5, 0.6) is 5.75 Å². The van der Waals surface area contributed by atoms with Crippen LogP contribution in [-0.2, 0) is 9.59 Å². The first-order valence-corrected chi connectivity index (χ1v) is 12.0. The minimum atomic E-state index is -0.249. The normalized spacial score (nSPS) is 24.5. The van der Waals surface area contributed by atoms with Crippen LogP contribution in [0.25, 0.3) is 11.1 Å². The van der Waals surface area contributed by atoms with Crippen molar-refractivity contribution in [2.75, 3.05) is 11.5 Å². The summed E-state index contributed by atoms with van der Waals surface area (Å²) in [5.74, 6) is -0.0883. The number of ketones is 1. The Kier molecular flexibility index (Phi) is 5.14. The predicted octanol–water partition coefficient (Wildman–Crippen LogP) is 5.32. The maximum absolute atomic E-state index is 13.2. The summed E-state index contributed by atoms with van der Waals surface area (Å²) >= 11 is 0. The fraction of sp³-hybridized carbons (Fsp3) is 0.233. The predicted molar refractivity (Wildman–Crippen MR) is 133 cm³/mol. The summed E-state index contributed by atoms with van der Waals surface area (Å²) in [6, 6.07) is 24.3. The Bertz CT molecular complexity index is 1360. The molecule has 0 unspecified atom stereocenters. The lowest BCUT2D eigenvalue weighted by Crippen LogP contribution is -2.32. The summed E-state index contributed by atoms with van der Waals surface area (Å²) in [6.45, 7) is 1.93. The minimum absolute atomic E-state index is 0.119. The number of fused-ring (bicyclic) bond motifs is 5. The van der Waals surface area contributed by atoms with Crippen molar-refractivity contribution in [3.8, 4) is 16.9 Å². The minimum Gasteiger partial charge on any atom is -0.485 e. The van der Waals surface area contributed by atoms with Crippen molar-refractivity contribution in [3.05, 3.63) is 96.1 Å². The number of nitrogens with zero attached hydrogens (tertiary/aromatic N) is 1. The Morgan fingerprint density at radius 3 is 2.37 bits per heavy atom. The van der Waals surface area contributed by atoms with Crippen molar-refractivity contribution >= 4 is 23.3 Å². The summed E-state index contributed by atoms with van der Waals surface area (Å²) in [6.07, 6.45) is 3.07. The van der Waals surface area contributed by atoms with E-state index in [2.05, 4.69) is 13.0 Å². The van der Waals surface area contributed by atoms with Gasteiger partial charge in [-0.3, -0.25) is 14.4 Å². The average molecular weight is 464 g/mol. The molecular formula is C30H25NO4. The molecule has 5 heteroatoms. The van der Waals surface area contributed by atoms with Crippen molar-refractivity contribution in [2.24, 2.45) is 23.7 Å². The van der Waals surface area contributed by atoms with Gasteiger partial charge >= 0.3 is 0 Å². The summed E-state index contributed by atoms with van der Waals surface area (Å²) in [7, 11) is 0. The highest BCUT2D eigenvalue weighted by Gasteiger charge is 2.60. The zero-order valence-corrected chi connectivity index (χ0v) is 19.4. The first-order chi connectivity index (χ1) is 17.0. The zero-order chi connectivity index (χ0) is 24.1. The molecule has 0 spiro atoms. The summed E-state index contributed by atoms with van der Waals surface area (Å²) in [4.78, 5) is 40.4. The molecule has 3 aliphatic rings. The number of rotatable bonds is 6. The molecule has 0 N–H and O–H groups in total. The van der Waals surface area contributed by atoms with Crippen molar-refractivity contribution in [2.45, 2.75) is 13.3 Å². The number of amides is 2. The lowest BCUT2D eigenvalue weighted by Gasteiger charge is -2.19. The molecule has 3 aromatic carbocycles. The van der Waals surface area contributed by atoms with Gasteiger partial charge in [-0.2, -0.15) is 0 Å². The van der Waals surface area contributed by atoms with Crippen LogP contribution in [0, 0.1) is 23.7 Å². The van der Waals surface area contributed by atoms with E-state index in [-0.39, 0.29) is 47.9 Å². The molecular weight excluding hydrogens is 438 g/mol. The number of benzene rings is 3. The standard InChI is InChI=1S/C30H25NO4/c1-18-14-22-15-25(18)28-27(22)29(33)31(30(28)34)23-8-5-9-24(16-23)35-17-26(32)21-12-10-20(11-13-21)19-6-3-2-4-7-19/h2-14,16,22,25,27-28H,15,17H2,1H3/t22-,25+,27+,28-/m0/s1. The molecule has 1 heterocycles. The van der Waals surface area contributed by atoms with E-state index in [1.165, 1.54) is 10.5 Å². The Hall–Kier alpha value is -3.99. The summed E-state index contributed by atoms with van der Waals surface area (Å²) < 4.78 is 5.76. The number of anilines is 1. The number of hydrogen-bond donors (Lipinski definition) is 0. The van der Waals surface area contributed by atoms with E-state index in [9.17, 15) is 14.4 Å². The number of carbonyl (C=O) groups is 3. The molecule has 2 fully saturated rings. The van der Waals surface area contributed by atoms with Gasteiger partial charge in [-0.05, 0) is 48.4 Å². The first kappa shape index (κ1) is 21.5. The fourth-order valence-electron chi connectivity index (χ4n) is 5.95. The molecule has 174 valence electrons. The lowest BCUT2D eigenvalue weighted by molar-refractivity contribution is -0.123. The van der Waals surface area contributed by atoms with Gasteiger partial charge in [-0.15, -0.1) is 0 Å². The second-order valence-electron chi connectivity index (χ2n) is 9.63. The highest BCUT2D eigenvalue weighted by atomic mass is 16.5. The van der Waals surface area contributed by atoms with E-state index >= 15 is 0 Å². The van der Waals surface area contributed by atoms with E-state index in [1.54, 1.807) is 36.4 Å². The van der Waals surface area contributed by atoms with Gasteiger partial charge in [0, 0.05) is 11.6 Å². The van der Waals surface area contributed by atoms with Gasteiger partial charge in [0.05, 0.1) is 17.5 Å². The number of ether oxygens (including phenoxy) is 1. The van der Waals surface area contributed by atoms with Gasteiger partial charge in [-0.1, -0.05) is 72.3 Å². The topological polar surface area (TPSA) is 63.7 Å². The molecule has 1 aliphatic heterocycles. The van der Waals surface area contributed by atoms with Gasteiger partial charge in [0.15, 0.2) is 12.4 Å². The Labute approximate surface area is 204 Å². The SMILES string of the molecule is CC1=C[C@H]2C[C@H]1[C@@H]1C(=O)N(c3cccc(OCC(=O)c4ccc(-c5ccccc5)cc4)c3)C(=O)[C@@H]12. The number of allylic oxidation sites excluding steroid dienone is 2. The maximum Gasteiger partial charge on any atom is 0.238 e. The van der Waals surface area contributed by atoms with Crippen LogP contribution in [0.4, 0.5) is 5.69 Å². The van der Waals surface area contributed by atoms with E-state index in [1.807, 2.05) is 42.5 Å². The molecule has 5 nitrogen and oxygen atoms in total. The second-order valence-corrected chi connectivity index (χ2v) is 9.63. The average Bonchev–Trinajstić information content (AvgIpc) is 3.53. The summed E-state index contributed by atoms with van der Waals surface area (Å²) in [5, 5.41) is 0. The highest BCUT2D eigenvalue weighted by Crippen LogP contribution is 2.56. The molecule has 0 aromatic heterocycles. The number of Topliss-reactive ketones (excluding diaryl/α,β-unsaturated/α-hetero) is 1. The molecule has 3 aromatic rings. The van der Waals surface area contributed by atoms with Crippen LogP contribution < -0.4 is 9.64 Å². The molecule has 1 saturated heterocycles. The molecule has 6 rings (SSSR count). The second kappa shape index (κ2) is 8.35. The largest absolute Gasteiger partial charge is 0.485 e. The van der Waals surface area contributed by atoms with E-state index in [0.29, 0.717) is 17.0 Å². The van der Waals surface area contributed by atoms with Crippen molar-refractivity contribution in [1.29, 1.82) is 0 Å². The van der Waals surface area contributed by atoms with Gasteiger partial charge in [-0.25, -0.2) is 4.90 Å². The quantitative estimate of drug-likeness (QED) is 0.282. The van der Waals surface area contributed by atoms with Gasteiger partial charge in [0.2, 0.25) is 11.8 Å². The molecule has 2 bridgehead atoms. The smallest absolute Gasteiger partial charge is 0.238 e. The third-order valence-electron chi connectivity index (χ3n) is 7.64. The van der Waals surface area contributed by atoms with Gasteiger partial charge in [0.25, 0.3) is 0 Å².